The maximum atomic E-state index is 12.2. The van der Waals surface area contributed by atoms with Gasteiger partial charge in [0.1, 0.15) is 0 Å². The normalized spacial score (nSPS) is 31.1. The fraction of sp³-hybridized carbons (Fsp3) is 0.611. The van der Waals surface area contributed by atoms with Crippen molar-refractivity contribution in [2.24, 2.45) is 11.8 Å². The maximum Gasteiger partial charge on any atom is 0.223 e. The molecule has 1 spiro atoms. The third kappa shape index (κ3) is 2.28. The molecule has 0 unspecified atom stereocenters. The summed E-state index contributed by atoms with van der Waals surface area (Å²) in [7, 11) is 0. The van der Waals surface area contributed by atoms with Gasteiger partial charge in [0.25, 0.3) is 0 Å². The number of carbonyl (C=O) groups excluding carboxylic acids is 1. The average molecular weight is 285 g/mol. The Morgan fingerprint density at radius 1 is 1.29 bits per heavy atom. The Hall–Kier alpha value is -1.35. The van der Waals surface area contributed by atoms with Gasteiger partial charge in [0.2, 0.25) is 5.91 Å². The first-order chi connectivity index (χ1) is 10.3. The van der Waals surface area contributed by atoms with Crippen LogP contribution < -0.4 is 5.32 Å². The van der Waals surface area contributed by atoms with Gasteiger partial charge in [0.05, 0.1) is 0 Å². The van der Waals surface area contributed by atoms with E-state index in [1.807, 2.05) is 0 Å². The van der Waals surface area contributed by atoms with Crippen LogP contribution in [0.1, 0.15) is 36.8 Å². The number of hydrogen-bond donors (Lipinski definition) is 1. The molecule has 1 aliphatic heterocycles. The molecular formula is C18H23NO2. The summed E-state index contributed by atoms with van der Waals surface area (Å²) in [6.45, 7) is 2.32. The van der Waals surface area contributed by atoms with Crippen LogP contribution in [0.15, 0.2) is 24.3 Å². The van der Waals surface area contributed by atoms with Gasteiger partial charge in [0, 0.05) is 31.1 Å². The third-order valence-electron chi connectivity index (χ3n) is 5.74. The number of ether oxygens (including phenoxy) is 1. The second-order valence-electron chi connectivity index (χ2n) is 6.85. The van der Waals surface area contributed by atoms with Gasteiger partial charge < -0.3 is 10.1 Å². The summed E-state index contributed by atoms with van der Waals surface area (Å²) in [5, 5.41) is 3.20. The lowest BCUT2D eigenvalue weighted by molar-refractivity contribution is -0.127. The fourth-order valence-electron chi connectivity index (χ4n) is 4.33. The van der Waals surface area contributed by atoms with E-state index in [9.17, 15) is 4.79 Å². The monoisotopic (exact) mass is 285 g/mol. The Bertz CT molecular complexity index is 550. The molecular weight excluding hydrogens is 262 g/mol. The third-order valence-corrected chi connectivity index (χ3v) is 5.74. The minimum atomic E-state index is 0.171. The van der Waals surface area contributed by atoms with Gasteiger partial charge in [-0.15, -0.1) is 0 Å². The molecule has 2 fully saturated rings. The van der Waals surface area contributed by atoms with Crippen LogP contribution in [0.3, 0.4) is 0 Å². The lowest BCUT2D eigenvalue weighted by Gasteiger charge is -2.21. The van der Waals surface area contributed by atoms with Gasteiger partial charge >= 0.3 is 0 Å². The van der Waals surface area contributed by atoms with Crippen molar-refractivity contribution in [1.29, 1.82) is 0 Å². The molecule has 1 aromatic carbocycles. The second-order valence-corrected chi connectivity index (χ2v) is 6.85. The summed E-state index contributed by atoms with van der Waals surface area (Å²) in [6.07, 6.45) is 5.48. The Kier molecular flexibility index (Phi) is 3.26. The number of fused-ring (bicyclic) bond motifs is 2. The van der Waals surface area contributed by atoms with Gasteiger partial charge in [-0.1, -0.05) is 24.3 Å². The molecule has 3 aliphatic rings. The molecule has 1 saturated carbocycles. The second kappa shape index (κ2) is 5.13. The maximum absolute atomic E-state index is 12.2. The van der Waals surface area contributed by atoms with Gasteiger partial charge in [0.15, 0.2) is 0 Å². The zero-order valence-corrected chi connectivity index (χ0v) is 12.4. The number of nitrogens with one attached hydrogen (secondary N) is 1. The van der Waals surface area contributed by atoms with Crippen LogP contribution in [0.25, 0.3) is 0 Å². The zero-order chi connectivity index (χ0) is 14.3. The van der Waals surface area contributed by atoms with Crippen LogP contribution >= 0.6 is 0 Å². The highest BCUT2D eigenvalue weighted by Crippen LogP contribution is 2.61. The number of benzene rings is 1. The molecule has 21 heavy (non-hydrogen) atoms. The molecule has 3 heteroatoms. The van der Waals surface area contributed by atoms with Crippen LogP contribution in [0, 0.1) is 11.8 Å². The Labute approximate surface area is 126 Å². The summed E-state index contributed by atoms with van der Waals surface area (Å²) in [4.78, 5) is 12.2. The van der Waals surface area contributed by atoms with Crippen LogP contribution in [-0.2, 0) is 21.4 Å². The number of rotatable bonds is 3. The SMILES string of the molecule is O=C(NC[C@H]1C[C@]12CCc1ccccc12)C1CCOCC1. The molecule has 1 saturated heterocycles. The topological polar surface area (TPSA) is 38.3 Å². The van der Waals surface area contributed by atoms with Gasteiger partial charge in [-0.2, -0.15) is 0 Å². The predicted octanol–water partition coefficient (Wildman–Crippen LogP) is 2.43. The first-order valence-electron chi connectivity index (χ1n) is 8.23. The molecule has 0 radical (unpaired) electrons. The predicted molar refractivity (Wildman–Crippen MR) is 81.1 cm³/mol. The molecule has 2 aliphatic carbocycles. The van der Waals surface area contributed by atoms with Crippen molar-refractivity contribution >= 4 is 5.91 Å². The summed E-state index contributed by atoms with van der Waals surface area (Å²) in [5.41, 5.74) is 3.46. The smallest absolute Gasteiger partial charge is 0.223 e. The van der Waals surface area contributed by atoms with Gasteiger partial charge in [-0.3, -0.25) is 4.79 Å². The minimum absolute atomic E-state index is 0.171. The Morgan fingerprint density at radius 3 is 2.95 bits per heavy atom. The molecule has 4 rings (SSSR count). The molecule has 1 heterocycles. The lowest BCUT2D eigenvalue weighted by Crippen LogP contribution is -2.36. The minimum Gasteiger partial charge on any atom is -0.381 e. The molecule has 1 N–H and O–H groups in total. The fourth-order valence-corrected chi connectivity index (χ4v) is 4.33. The summed E-state index contributed by atoms with van der Waals surface area (Å²) in [6, 6.07) is 8.85. The standard InChI is InChI=1S/C18H23NO2/c20-17(14-6-9-21-10-7-14)19-12-15-11-18(15)8-5-13-3-1-2-4-16(13)18/h1-4,14-15H,5-12H2,(H,19,20)/t15-,18-/m1/s1. The number of hydrogen-bond acceptors (Lipinski definition) is 2. The van der Waals surface area contributed by atoms with E-state index in [2.05, 4.69) is 29.6 Å². The van der Waals surface area contributed by atoms with E-state index in [1.54, 1.807) is 5.56 Å². The first kappa shape index (κ1) is 13.3. The zero-order valence-electron chi connectivity index (χ0n) is 12.4. The molecule has 0 bridgehead atoms. The van der Waals surface area contributed by atoms with Crippen molar-refractivity contribution < 1.29 is 9.53 Å². The van der Waals surface area contributed by atoms with Gasteiger partial charge in [-0.25, -0.2) is 0 Å². The van der Waals surface area contributed by atoms with Crippen LogP contribution in [-0.4, -0.2) is 25.7 Å². The quantitative estimate of drug-likeness (QED) is 0.926. The number of carbonyl (C=O) groups is 1. The highest BCUT2D eigenvalue weighted by atomic mass is 16.5. The van der Waals surface area contributed by atoms with Crippen molar-refractivity contribution in [3.8, 4) is 0 Å². The molecule has 1 amide bonds. The lowest BCUT2D eigenvalue weighted by atomic mass is 9.95. The van der Waals surface area contributed by atoms with Gasteiger partial charge in [-0.05, 0) is 49.1 Å². The Balaban J connectivity index is 1.35. The summed E-state index contributed by atoms with van der Waals surface area (Å²) >= 11 is 0. The molecule has 2 atom stereocenters. The van der Waals surface area contributed by atoms with Crippen LogP contribution in [0.2, 0.25) is 0 Å². The van der Waals surface area contributed by atoms with E-state index in [-0.39, 0.29) is 11.8 Å². The van der Waals surface area contributed by atoms with E-state index in [1.165, 1.54) is 24.8 Å². The molecule has 0 aromatic heterocycles. The molecule has 1 aromatic rings. The van der Waals surface area contributed by atoms with E-state index < -0.39 is 0 Å². The largest absolute Gasteiger partial charge is 0.381 e. The van der Waals surface area contributed by atoms with Crippen molar-refractivity contribution in [3.63, 3.8) is 0 Å². The molecule has 112 valence electrons. The Morgan fingerprint density at radius 2 is 2.10 bits per heavy atom. The average Bonchev–Trinajstić information content (AvgIpc) is 3.13. The van der Waals surface area contributed by atoms with Crippen molar-refractivity contribution in [2.45, 2.75) is 37.5 Å². The highest BCUT2D eigenvalue weighted by molar-refractivity contribution is 5.78. The van der Waals surface area contributed by atoms with E-state index in [4.69, 9.17) is 4.74 Å². The summed E-state index contributed by atoms with van der Waals surface area (Å²) < 4.78 is 5.32. The van der Waals surface area contributed by atoms with Crippen LogP contribution in [0.4, 0.5) is 0 Å². The van der Waals surface area contributed by atoms with Crippen LogP contribution in [0.5, 0.6) is 0 Å². The van der Waals surface area contributed by atoms with Crippen molar-refractivity contribution in [2.75, 3.05) is 19.8 Å². The number of amides is 1. The van der Waals surface area contributed by atoms with E-state index >= 15 is 0 Å². The van der Waals surface area contributed by atoms with E-state index in [0.717, 1.165) is 32.6 Å². The van der Waals surface area contributed by atoms with Crippen molar-refractivity contribution in [1.82, 2.24) is 5.32 Å². The van der Waals surface area contributed by atoms with Crippen molar-refractivity contribution in [3.05, 3.63) is 35.4 Å². The first-order valence-corrected chi connectivity index (χ1v) is 8.23. The van der Waals surface area contributed by atoms with E-state index in [0.29, 0.717) is 11.3 Å². The molecule has 3 nitrogen and oxygen atoms in total. The summed E-state index contributed by atoms with van der Waals surface area (Å²) in [5.74, 6) is 1.06. The number of aryl methyl sites for hydroxylation is 1. The highest BCUT2D eigenvalue weighted by Gasteiger charge is 2.57.